The van der Waals surface area contributed by atoms with Crippen LogP contribution in [0.4, 0.5) is 0 Å². The van der Waals surface area contributed by atoms with E-state index in [9.17, 15) is 0 Å². The predicted molar refractivity (Wildman–Crippen MR) is 63.0 cm³/mol. The van der Waals surface area contributed by atoms with Crippen LogP contribution in [0, 0.1) is 0 Å². The first-order chi connectivity index (χ1) is 5.72. The van der Waals surface area contributed by atoms with Crippen LogP contribution in [0.25, 0.3) is 0 Å². The van der Waals surface area contributed by atoms with Crippen molar-refractivity contribution >= 4 is 29.2 Å². The zero-order valence-electron chi connectivity index (χ0n) is 8.36. The van der Waals surface area contributed by atoms with Gasteiger partial charge in [0.1, 0.15) is 4.32 Å². The Hall–Kier alpha value is 0.734. The van der Waals surface area contributed by atoms with E-state index in [-0.39, 0.29) is 16.5 Å². The summed E-state index contributed by atoms with van der Waals surface area (Å²) in [5, 5.41) is 0. The third-order valence-electron chi connectivity index (χ3n) is 1.83. The predicted octanol–water partition coefficient (Wildman–Crippen LogP) is 3.10. The topological polar surface area (TPSA) is 3.24 Å². The van der Waals surface area contributed by atoms with E-state index in [1.54, 1.807) is 0 Å². The van der Waals surface area contributed by atoms with Crippen LogP contribution in [-0.2, 0) is 16.5 Å². The standard InChI is InChI=1S/C9H19NS2.Ni/c1-3-5-7-10(9(11)12)8-6-4-2;/h3-8H2,1-2H3,(H,11,12);. The fourth-order valence-corrected chi connectivity index (χ4v) is 1.38. The van der Waals surface area contributed by atoms with Crippen LogP contribution in [0.2, 0.25) is 0 Å². The van der Waals surface area contributed by atoms with Crippen molar-refractivity contribution in [2.45, 2.75) is 39.5 Å². The molecular weight excluding hydrogens is 245 g/mol. The average Bonchev–Trinajstić information content (AvgIpc) is 2.04. The minimum atomic E-state index is 0. The van der Waals surface area contributed by atoms with E-state index < -0.39 is 0 Å². The van der Waals surface area contributed by atoms with Crippen LogP contribution in [0.3, 0.4) is 0 Å². The zero-order chi connectivity index (χ0) is 9.40. The van der Waals surface area contributed by atoms with Crippen LogP contribution in [0.5, 0.6) is 0 Å². The quantitative estimate of drug-likeness (QED) is 0.446. The molecule has 0 aromatic rings. The van der Waals surface area contributed by atoms with Gasteiger partial charge in [-0.1, -0.05) is 38.9 Å². The summed E-state index contributed by atoms with van der Waals surface area (Å²) >= 11 is 9.23. The van der Waals surface area contributed by atoms with E-state index >= 15 is 0 Å². The van der Waals surface area contributed by atoms with Crippen molar-refractivity contribution in [2.75, 3.05) is 13.1 Å². The molecule has 13 heavy (non-hydrogen) atoms. The summed E-state index contributed by atoms with van der Waals surface area (Å²) in [5.41, 5.74) is 0. The van der Waals surface area contributed by atoms with E-state index in [0.717, 1.165) is 17.4 Å². The van der Waals surface area contributed by atoms with E-state index in [2.05, 4.69) is 31.4 Å². The van der Waals surface area contributed by atoms with Gasteiger partial charge in [-0.2, -0.15) is 0 Å². The molecule has 0 atom stereocenters. The smallest absolute Gasteiger partial charge is 0.133 e. The molecule has 0 aliphatic carbocycles. The van der Waals surface area contributed by atoms with E-state index in [4.69, 9.17) is 12.2 Å². The number of rotatable bonds is 6. The minimum Gasteiger partial charge on any atom is -0.358 e. The second-order valence-corrected chi connectivity index (χ2v) is 4.09. The maximum Gasteiger partial charge on any atom is 0.133 e. The Bertz CT molecular complexity index is 123. The van der Waals surface area contributed by atoms with Crippen molar-refractivity contribution in [1.82, 2.24) is 4.90 Å². The maximum absolute atomic E-state index is 5.03. The van der Waals surface area contributed by atoms with Crippen molar-refractivity contribution < 1.29 is 16.5 Å². The van der Waals surface area contributed by atoms with Crippen molar-refractivity contribution in [1.29, 1.82) is 0 Å². The van der Waals surface area contributed by atoms with Gasteiger partial charge in [-0.05, 0) is 12.8 Å². The fraction of sp³-hybridized carbons (Fsp3) is 0.889. The zero-order valence-corrected chi connectivity index (χ0v) is 11.1. The van der Waals surface area contributed by atoms with Crippen LogP contribution in [-0.4, -0.2) is 22.3 Å². The Labute approximate surface area is 103 Å². The second-order valence-electron chi connectivity index (χ2n) is 2.98. The van der Waals surface area contributed by atoms with Crippen molar-refractivity contribution in [3.05, 3.63) is 0 Å². The first-order valence-electron chi connectivity index (χ1n) is 4.70. The van der Waals surface area contributed by atoms with Gasteiger partial charge in [-0.15, -0.1) is 12.6 Å². The third kappa shape index (κ3) is 9.05. The molecule has 0 unspecified atom stereocenters. The number of hydrogen-bond acceptors (Lipinski definition) is 1. The van der Waals surface area contributed by atoms with E-state index in [1.165, 1.54) is 25.7 Å². The number of thiocarbonyl (C=S) groups is 1. The summed E-state index contributed by atoms with van der Waals surface area (Å²) in [6, 6.07) is 0. The molecule has 0 heterocycles. The van der Waals surface area contributed by atoms with Gasteiger partial charge in [0.2, 0.25) is 0 Å². The second kappa shape index (κ2) is 10.8. The number of unbranched alkanes of at least 4 members (excludes halogenated alkanes) is 2. The van der Waals surface area contributed by atoms with Crippen molar-refractivity contribution in [3.8, 4) is 0 Å². The Kier molecular flexibility index (Phi) is 13.5. The normalized spacial score (nSPS) is 9.15. The Balaban J connectivity index is 0. The molecule has 0 saturated carbocycles. The van der Waals surface area contributed by atoms with Crippen LogP contribution in [0.1, 0.15) is 39.5 Å². The molecule has 0 radical (unpaired) electrons. The average molecular weight is 264 g/mol. The first kappa shape index (κ1) is 16.2. The Morgan fingerprint density at radius 1 is 1.15 bits per heavy atom. The van der Waals surface area contributed by atoms with Gasteiger partial charge >= 0.3 is 0 Å². The summed E-state index contributed by atoms with van der Waals surface area (Å²) in [4.78, 5) is 2.19. The molecule has 0 fully saturated rings. The monoisotopic (exact) mass is 263 g/mol. The van der Waals surface area contributed by atoms with Crippen LogP contribution < -0.4 is 0 Å². The molecule has 0 spiro atoms. The van der Waals surface area contributed by atoms with Crippen LogP contribution >= 0.6 is 24.8 Å². The van der Waals surface area contributed by atoms with Gasteiger partial charge in [0.25, 0.3) is 0 Å². The Morgan fingerprint density at radius 3 is 1.77 bits per heavy atom. The molecule has 0 rings (SSSR count). The van der Waals surface area contributed by atoms with Gasteiger partial charge in [-0.3, -0.25) is 0 Å². The molecule has 4 heteroatoms. The molecule has 0 aromatic heterocycles. The van der Waals surface area contributed by atoms with Gasteiger partial charge < -0.3 is 4.90 Å². The van der Waals surface area contributed by atoms with Crippen molar-refractivity contribution in [2.24, 2.45) is 0 Å². The van der Waals surface area contributed by atoms with Gasteiger partial charge in [0.15, 0.2) is 0 Å². The molecule has 0 aliphatic heterocycles. The number of hydrogen-bond donors (Lipinski definition) is 1. The first-order valence-corrected chi connectivity index (χ1v) is 5.55. The summed E-state index contributed by atoms with van der Waals surface area (Å²) in [5.74, 6) is 0. The van der Waals surface area contributed by atoms with E-state index in [1.807, 2.05) is 0 Å². The van der Waals surface area contributed by atoms with Gasteiger partial charge in [-0.25, -0.2) is 0 Å². The maximum atomic E-state index is 5.03. The third-order valence-corrected chi connectivity index (χ3v) is 2.37. The van der Waals surface area contributed by atoms with Gasteiger partial charge in [0, 0.05) is 29.6 Å². The number of thiol groups is 1. The molecule has 0 aromatic carbocycles. The molecule has 0 bridgehead atoms. The molecule has 0 N–H and O–H groups in total. The summed E-state index contributed by atoms with van der Waals surface area (Å²) in [6.45, 7) is 6.52. The summed E-state index contributed by atoms with van der Waals surface area (Å²) in [6.07, 6.45) is 4.87. The largest absolute Gasteiger partial charge is 0.358 e. The van der Waals surface area contributed by atoms with Crippen LogP contribution in [0.15, 0.2) is 0 Å². The SMILES string of the molecule is CCCCN(CCCC)C(=S)S.[Ni]. The molecule has 82 valence electrons. The number of nitrogens with zero attached hydrogens (tertiary/aromatic N) is 1. The molecule has 1 nitrogen and oxygen atoms in total. The fourth-order valence-electron chi connectivity index (χ4n) is 1.00. The molecule has 0 aliphatic rings. The molecular formula is C9H19NNiS2. The Morgan fingerprint density at radius 2 is 1.54 bits per heavy atom. The molecule has 0 saturated heterocycles. The summed E-state index contributed by atoms with van der Waals surface area (Å²) in [7, 11) is 0. The minimum absolute atomic E-state index is 0. The van der Waals surface area contributed by atoms with Crippen molar-refractivity contribution in [3.63, 3.8) is 0 Å². The van der Waals surface area contributed by atoms with Gasteiger partial charge in [0.05, 0.1) is 0 Å². The molecule has 0 amide bonds. The summed E-state index contributed by atoms with van der Waals surface area (Å²) < 4.78 is 0.747. The van der Waals surface area contributed by atoms with E-state index in [0.29, 0.717) is 0 Å².